The van der Waals surface area contributed by atoms with Crippen LogP contribution in [-0.2, 0) is 10.0 Å². The van der Waals surface area contributed by atoms with E-state index in [4.69, 9.17) is 0 Å². The SMILES string of the molecule is CCC(O)CCNS(=O)(=O)c1cc([N+](=O)[O-])cc(C)c1C. The van der Waals surface area contributed by atoms with Crippen molar-refractivity contribution in [3.05, 3.63) is 33.4 Å². The molecule has 0 aliphatic rings. The molecule has 21 heavy (non-hydrogen) atoms. The fourth-order valence-corrected chi connectivity index (χ4v) is 3.22. The molecule has 0 saturated carbocycles. The van der Waals surface area contributed by atoms with Crippen LogP contribution in [0.1, 0.15) is 30.9 Å². The Hall–Kier alpha value is -1.51. The van der Waals surface area contributed by atoms with E-state index in [9.17, 15) is 23.6 Å². The normalized spacial score (nSPS) is 13.1. The smallest absolute Gasteiger partial charge is 0.271 e. The molecule has 0 aliphatic heterocycles. The summed E-state index contributed by atoms with van der Waals surface area (Å²) in [6.45, 7) is 5.11. The molecule has 0 heterocycles. The monoisotopic (exact) mass is 316 g/mol. The van der Waals surface area contributed by atoms with Crippen LogP contribution in [0.15, 0.2) is 17.0 Å². The zero-order valence-electron chi connectivity index (χ0n) is 12.3. The number of nitro benzene ring substituents is 1. The highest BCUT2D eigenvalue weighted by Gasteiger charge is 2.22. The van der Waals surface area contributed by atoms with Crippen molar-refractivity contribution < 1.29 is 18.4 Å². The summed E-state index contributed by atoms with van der Waals surface area (Å²) < 4.78 is 26.8. The largest absolute Gasteiger partial charge is 0.393 e. The van der Waals surface area contributed by atoms with Crippen LogP contribution in [0.2, 0.25) is 0 Å². The van der Waals surface area contributed by atoms with Crippen molar-refractivity contribution in [2.24, 2.45) is 0 Å². The van der Waals surface area contributed by atoms with Crippen molar-refractivity contribution in [3.63, 3.8) is 0 Å². The van der Waals surface area contributed by atoms with Crippen molar-refractivity contribution in [1.29, 1.82) is 0 Å². The molecule has 7 nitrogen and oxygen atoms in total. The van der Waals surface area contributed by atoms with E-state index in [1.54, 1.807) is 20.8 Å². The molecule has 0 amide bonds. The minimum atomic E-state index is -3.84. The van der Waals surface area contributed by atoms with Gasteiger partial charge in [0.05, 0.1) is 15.9 Å². The number of nitro groups is 1. The number of nitrogens with one attached hydrogen (secondary N) is 1. The quantitative estimate of drug-likeness (QED) is 0.587. The Morgan fingerprint density at radius 1 is 1.38 bits per heavy atom. The average molecular weight is 316 g/mol. The Bertz CT molecular complexity index is 628. The van der Waals surface area contributed by atoms with E-state index in [0.717, 1.165) is 6.07 Å². The van der Waals surface area contributed by atoms with Gasteiger partial charge >= 0.3 is 0 Å². The summed E-state index contributed by atoms with van der Waals surface area (Å²) in [7, 11) is -3.84. The van der Waals surface area contributed by atoms with Crippen LogP contribution >= 0.6 is 0 Å². The summed E-state index contributed by atoms with van der Waals surface area (Å²) in [6.07, 6.45) is 0.264. The third-order valence-electron chi connectivity index (χ3n) is 3.35. The lowest BCUT2D eigenvalue weighted by molar-refractivity contribution is -0.385. The standard InChI is InChI=1S/C13H20N2O5S/c1-4-12(16)5-6-14-21(19,20)13-8-11(15(17)18)7-9(2)10(13)3/h7-8,12,14,16H,4-6H2,1-3H3. The molecule has 0 fully saturated rings. The summed E-state index contributed by atoms with van der Waals surface area (Å²) in [5.74, 6) is 0. The Kier molecular flexibility index (Phi) is 5.82. The molecule has 1 aromatic rings. The summed E-state index contributed by atoms with van der Waals surface area (Å²) in [5.41, 5.74) is 0.759. The van der Waals surface area contributed by atoms with Crippen LogP contribution < -0.4 is 4.72 Å². The first-order valence-corrected chi connectivity index (χ1v) is 8.10. The van der Waals surface area contributed by atoms with Crippen molar-refractivity contribution in [1.82, 2.24) is 4.72 Å². The van der Waals surface area contributed by atoms with E-state index in [0.29, 0.717) is 24.0 Å². The highest BCUT2D eigenvalue weighted by Crippen LogP contribution is 2.25. The molecule has 1 aromatic carbocycles. The number of non-ortho nitro benzene ring substituents is 1. The minimum Gasteiger partial charge on any atom is -0.393 e. The van der Waals surface area contributed by atoms with Crippen molar-refractivity contribution in [2.75, 3.05) is 6.54 Å². The van der Waals surface area contributed by atoms with Crippen LogP contribution in [0.25, 0.3) is 0 Å². The summed E-state index contributed by atoms with van der Waals surface area (Å²) in [6, 6.07) is 2.40. The maximum atomic E-state index is 12.2. The van der Waals surface area contributed by atoms with Crippen LogP contribution in [0.5, 0.6) is 0 Å². The maximum Gasteiger partial charge on any atom is 0.271 e. The van der Waals surface area contributed by atoms with Gasteiger partial charge in [-0.2, -0.15) is 0 Å². The highest BCUT2D eigenvalue weighted by molar-refractivity contribution is 7.89. The van der Waals surface area contributed by atoms with Crippen LogP contribution in [0.4, 0.5) is 5.69 Å². The molecule has 0 spiro atoms. The number of aliphatic hydroxyl groups excluding tert-OH is 1. The lowest BCUT2D eigenvalue weighted by atomic mass is 10.1. The second kappa shape index (κ2) is 6.97. The molecule has 2 N–H and O–H groups in total. The van der Waals surface area contributed by atoms with Gasteiger partial charge in [-0.25, -0.2) is 13.1 Å². The maximum absolute atomic E-state index is 12.2. The Morgan fingerprint density at radius 3 is 2.52 bits per heavy atom. The predicted octanol–water partition coefficient (Wildman–Crippen LogP) is 1.65. The van der Waals surface area contributed by atoms with E-state index >= 15 is 0 Å². The number of benzene rings is 1. The highest BCUT2D eigenvalue weighted by atomic mass is 32.2. The van der Waals surface area contributed by atoms with Gasteiger partial charge in [0.1, 0.15) is 0 Å². The van der Waals surface area contributed by atoms with Gasteiger partial charge in [-0.1, -0.05) is 6.92 Å². The van der Waals surface area contributed by atoms with E-state index in [2.05, 4.69) is 4.72 Å². The van der Waals surface area contributed by atoms with Crippen molar-refractivity contribution in [3.8, 4) is 0 Å². The fourth-order valence-electron chi connectivity index (χ4n) is 1.83. The number of sulfonamides is 1. The molecule has 0 radical (unpaired) electrons. The first-order valence-electron chi connectivity index (χ1n) is 6.62. The molecule has 8 heteroatoms. The summed E-state index contributed by atoms with van der Waals surface area (Å²) in [4.78, 5) is 10.1. The van der Waals surface area contributed by atoms with Gasteiger partial charge in [-0.3, -0.25) is 10.1 Å². The first kappa shape index (κ1) is 17.5. The van der Waals surface area contributed by atoms with Crippen molar-refractivity contribution >= 4 is 15.7 Å². The van der Waals surface area contributed by atoms with Crippen LogP contribution in [0, 0.1) is 24.0 Å². The summed E-state index contributed by atoms with van der Waals surface area (Å²) >= 11 is 0. The predicted molar refractivity (Wildman–Crippen MR) is 78.7 cm³/mol. The molecule has 1 atom stereocenters. The summed E-state index contributed by atoms with van der Waals surface area (Å²) in [5, 5.41) is 20.3. The van der Waals surface area contributed by atoms with Gasteiger partial charge in [0, 0.05) is 18.7 Å². The molecule has 0 aromatic heterocycles. The average Bonchev–Trinajstić information content (AvgIpc) is 2.40. The van der Waals surface area contributed by atoms with Crippen LogP contribution in [-0.4, -0.2) is 31.1 Å². The molecule has 1 rings (SSSR count). The zero-order chi connectivity index (χ0) is 16.2. The van der Waals surface area contributed by atoms with E-state index < -0.39 is 21.1 Å². The second-order valence-electron chi connectivity index (χ2n) is 4.89. The second-order valence-corrected chi connectivity index (χ2v) is 6.63. The number of rotatable bonds is 7. The zero-order valence-corrected chi connectivity index (χ0v) is 13.1. The Balaban J connectivity index is 3.05. The van der Waals surface area contributed by atoms with Crippen molar-refractivity contribution in [2.45, 2.75) is 44.6 Å². The van der Waals surface area contributed by atoms with E-state index in [1.807, 2.05) is 0 Å². The Labute approximate surface area is 124 Å². The lowest BCUT2D eigenvalue weighted by Gasteiger charge is -2.12. The molecule has 1 unspecified atom stereocenters. The van der Waals surface area contributed by atoms with Gasteiger partial charge in [0.15, 0.2) is 0 Å². The van der Waals surface area contributed by atoms with Gasteiger partial charge in [-0.05, 0) is 37.8 Å². The van der Waals surface area contributed by atoms with Gasteiger partial charge in [0.2, 0.25) is 10.0 Å². The molecule has 0 bridgehead atoms. The molecular formula is C13H20N2O5S. The molecule has 118 valence electrons. The molecule has 0 saturated heterocycles. The third kappa shape index (κ3) is 4.48. The number of hydrogen-bond donors (Lipinski definition) is 2. The third-order valence-corrected chi connectivity index (χ3v) is 4.93. The number of nitrogens with zero attached hydrogens (tertiary/aromatic N) is 1. The first-order chi connectivity index (χ1) is 9.69. The van der Waals surface area contributed by atoms with Gasteiger partial charge in [-0.15, -0.1) is 0 Å². The Morgan fingerprint density at radius 2 is 2.00 bits per heavy atom. The minimum absolute atomic E-state index is 0.0819. The number of aryl methyl sites for hydroxylation is 1. The van der Waals surface area contributed by atoms with E-state index in [1.165, 1.54) is 6.07 Å². The number of hydrogen-bond acceptors (Lipinski definition) is 5. The molecule has 0 aliphatic carbocycles. The lowest BCUT2D eigenvalue weighted by Crippen LogP contribution is -2.28. The van der Waals surface area contributed by atoms with Gasteiger partial charge < -0.3 is 5.11 Å². The fraction of sp³-hybridized carbons (Fsp3) is 0.538. The number of aliphatic hydroxyl groups is 1. The van der Waals surface area contributed by atoms with E-state index in [-0.39, 0.29) is 17.1 Å². The van der Waals surface area contributed by atoms with Gasteiger partial charge in [0.25, 0.3) is 5.69 Å². The topological polar surface area (TPSA) is 110 Å². The van der Waals surface area contributed by atoms with Crippen LogP contribution in [0.3, 0.4) is 0 Å². The molecular weight excluding hydrogens is 296 g/mol.